The second-order valence-electron chi connectivity index (χ2n) is 13.1. The van der Waals surface area contributed by atoms with Crippen molar-refractivity contribution in [2.45, 2.75) is 52.6 Å². The molecule has 2 amide bonds. The number of nitrogens with zero attached hydrogens (tertiary/aromatic N) is 3. The zero-order valence-corrected chi connectivity index (χ0v) is 26.5. The Morgan fingerprint density at radius 3 is 2.43 bits per heavy atom. The number of likely N-dealkylation sites (N-methyl/N-ethyl adjacent to an activating group) is 1. The maximum Gasteiger partial charge on any atom is 0.407 e. The van der Waals surface area contributed by atoms with Gasteiger partial charge in [-0.3, -0.25) is 9.69 Å². The minimum atomic E-state index is -0.502. The van der Waals surface area contributed by atoms with E-state index in [1.165, 1.54) is 16.7 Å². The van der Waals surface area contributed by atoms with Gasteiger partial charge >= 0.3 is 6.09 Å². The van der Waals surface area contributed by atoms with Crippen molar-refractivity contribution in [1.29, 1.82) is 0 Å². The van der Waals surface area contributed by atoms with E-state index < -0.39 is 11.5 Å². The third-order valence-corrected chi connectivity index (χ3v) is 8.29. The minimum absolute atomic E-state index is 0.121. The minimum Gasteiger partial charge on any atom is -0.444 e. The molecular formula is C33H46ClN5O3. The van der Waals surface area contributed by atoms with Crippen molar-refractivity contribution in [2.24, 2.45) is 11.1 Å². The summed E-state index contributed by atoms with van der Waals surface area (Å²) in [5.41, 5.74) is 10.8. The number of allylic oxidation sites excluding steroid dienone is 1. The first-order valence-electron chi connectivity index (χ1n) is 14.8. The van der Waals surface area contributed by atoms with Crippen LogP contribution in [0.4, 0.5) is 10.5 Å². The number of carbonyl (C=O) groups excluding carboxylic acids is 2. The zero-order valence-electron chi connectivity index (χ0n) is 25.7. The molecule has 0 radical (unpaired) electrons. The molecule has 2 aromatic carbocycles. The second-order valence-corrected chi connectivity index (χ2v) is 13.5. The summed E-state index contributed by atoms with van der Waals surface area (Å²) in [5, 5.41) is 3.63. The molecule has 228 valence electrons. The van der Waals surface area contributed by atoms with Gasteiger partial charge in [-0.2, -0.15) is 0 Å². The number of primary amides is 1. The van der Waals surface area contributed by atoms with E-state index in [9.17, 15) is 9.59 Å². The van der Waals surface area contributed by atoms with Crippen LogP contribution < -0.4 is 16.0 Å². The number of anilines is 1. The summed E-state index contributed by atoms with van der Waals surface area (Å²) >= 11 is 6.23. The van der Waals surface area contributed by atoms with Gasteiger partial charge in [-0.25, -0.2) is 4.79 Å². The summed E-state index contributed by atoms with van der Waals surface area (Å²) < 4.78 is 5.37. The maximum absolute atomic E-state index is 12.1. The molecule has 3 N–H and O–H groups in total. The van der Waals surface area contributed by atoms with Crippen LogP contribution in [-0.2, 0) is 4.74 Å². The summed E-state index contributed by atoms with van der Waals surface area (Å²) in [6.45, 7) is 13.9. The number of benzene rings is 2. The third-order valence-electron chi connectivity index (χ3n) is 8.04. The second kappa shape index (κ2) is 13.5. The molecule has 8 nitrogen and oxygen atoms in total. The number of nitrogens with one attached hydrogen (secondary N) is 1. The van der Waals surface area contributed by atoms with Crippen LogP contribution in [0, 0.1) is 5.41 Å². The van der Waals surface area contributed by atoms with Gasteiger partial charge in [0.1, 0.15) is 5.60 Å². The normalized spacial score (nSPS) is 19.8. The van der Waals surface area contributed by atoms with Gasteiger partial charge in [-0.15, -0.1) is 0 Å². The topological polar surface area (TPSA) is 91.1 Å². The Kier molecular flexibility index (Phi) is 10.2. The number of carbonyl (C=O) groups is 2. The number of halogens is 1. The predicted octanol–water partition coefficient (Wildman–Crippen LogP) is 5.62. The molecule has 1 saturated heterocycles. The standard InChI is InChI=1S/C33H46ClN5O3/c1-32(2,3)42-31(41)36-16-17-37(5)22-33(4)15-14-29(24-6-10-27(34)11-7-24)26(20-33)21-38-18-19-39(23-38)28-12-8-25(9-13-28)30(35)40/h6-13H,14-23H2,1-5H3,(H2,35,40)(H,36,41). The van der Waals surface area contributed by atoms with Gasteiger partial charge in [0.15, 0.2) is 0 Å². The summed E-state index contributed by atoms with van der Waals surface area (Å²) in [6, 6.07) is 15.8. The van der Waals surface area contributed by atoms with Crippen molar-refractivity contribution in [3.8, 4) is 0 Å². The highest BCUT2D eigenvalue weighted by Crippen LogP contribution is 2.43. The van der Waals surface area contributed by atoms with E-state index in [2.05, 4.69) is 46.1 Å². The molecule has 1 unspecified atom stereocenters. The number of hydrogen-bond donors (Lipinski definition) is 2. The van der Waals surface area contributed by atoms with Crippen molar-refractivity contribution in [2.75, 3.05) is 57.9 Å². The molecule has 0 bridgehead atoms. The Morgan fingerprint density at radius 1 is 1.10 bits per heavy atom. The molecule has 0 spiro atoms. The quantitative estimate of drug-likeness (QED) is 0.371. The van der Waals surface area contributed by atoms with E-state index in [4.69, 9.17) is 22.1 Å². The van der Waals surface area contributed by atoms with Crippen molar-refractivity contribution >= 4 is 34.9 Å². The number of nitrogens with two attached hydrogens (primary N) is 1. The Bertz CT molecular complexity index is 1270. The number of alkyl carbamates (subject to hydrolysis) is 1. The van der Waals surface area contributed by atoms with Gasteiger partial charge in [-0.1, -0.05) is 36.2 Å². The van der Waals surface area contributed by atoms with Gasteiger partial charge < -0.3 is 25.6 Å². The van der Waals surface area contributed by atoms with Crippen molar-refractivity contribution in [3.63, 3.8) is 0 Å². The van der Waals surface area contributed by atoms with E-state index in [0.717, 1.165) is 69.4 Å². The van der Waals surface area contributed by atoms with E-state index in [-0.39, 0.29) is 11.5 Å². The van der Waals surface area contributed by atoms with E-state index in [1.807, 2.05) is 45.0 Å². The molecule has 9 heteroatoms. The van der Waals surface area contributed by atoms with Crippen molar-refractivity contribution in [1.82, 2.24) is 15.1 Å². The van der Waals surface area contributed by atoms with Crippen LogP contribution in [0.15, 0.2) is 54.1 Å². The highest BCUT2D eigenvalue weighted by molar-refractivity contribution is 6.30. The molecule has 0 saturated carbocycles. The van der Waals surface area contributed by atoms with E-state index >= 15 is 0 Å². The summed E-state index contributed by atoms with van der Waals surface area (Å²) in [6.07, 6.45) is 2.75. The van der Waals surface area contributed by atoms with Gasteiger partial charge in [0.25, 0.3) is 0 Å². The van der Waals surface area contributed by atoms with Crippen molar-refractivity contribution in [3.05, 3.63) is 70.3 Å². The lowest BCUT2D eigenvalue weighted by molar-refractivity contribution is 0.0520. The molecule has 1 aliphatic heterocycles. The van der Waals surface area contributed by atoms with E-state index in [0.29, 0.717) is 12.1 Å². The first kappa shape index (κ1) is 31.9. The molecular weight excluding hydrogens is 550 g/mol. The number of rotatable bonds is 10. The molecule has 42 heavy (non-hydrogen) atoms. The van der Waals surface area contributed by atoms with Gasteiger partial charge in [-0.05, 0) is 100 Å². The fraction of sp³-hybridized carbons (Fsp3) is 0.515. The summed E-state index contributed by atoms with van der Waals surface area (Å²) in [5.74, 6) is -0.406. The average molecular weight is 596 g/mol. The van der Waals surface area contributed by atoms with Gasteiger partial charge in [0.05, 0.1) is 6.67 Å². The predicted molar refractivity (Wildman–Crippen MR) is 171 cm³/mol. The lowest BCUT2D eigenvalue weighted by Gasteiger charge is -2.40. The lowest BCUT2D eigenvalue weighted by Crippen LogP contribution is -2.41. The molecule has 0 aromatic heterocycles. The molecule has 1 atom stereocenters. The van der Waals surface area contributed by atoms with Gasteiger partial charge in [0, 0.05) is 55.5 Å². The monoisotopic (exact) mass is 595 g/mol. The molecule has 1 aliphatic carbocycles. The highest BCUT2D eigenvalue weighted by Gasteiger charge is 2.34. The molecule has 1 fully saturated rings. The molecule has 2 aromatic rings. The highest BCUT2D eigenvalue weighted by atomic mass is 35.5. The molecule has 2 aliphatic rings. The van der Waals surface area contributed by atoms with Crippen LogP contribution in [0.2, 0.25) is 5.02 Å². The van der Waals surface area contributed by atoms with Crippen LogP contribution in [-0.4, -0.2) is 80.4 Å². The largest absolute Gasteiger partial charge is 0.444 e. The average Bonchev–Trinajstić information content (AvgIpc) is 3.37. The lowest BCUT2D eigenvalue weighted by atomic mass is 9.71. The van der Waals surface area contributed by atoms with Gasteiger partial charge in [0.2, 0.25) is 5.91 Å². The number of ether oxygens (including phenoxy) is 1. The van der Waals surface area contributed by atoms with E-state index in [1.54, 1.807) is 12.1 Å². The van der Waals surface area contributed by atoms with Crippen LogP contribution >= 0.6 is 11.6 Å². The van der Waals surface area contributed by atoms with Crippen LogP contribution in [0.1, 0.15) is 62.9 Å². The first-order chi connectivity index (χ1) is 19.8. The van der Waals surface area contributed by atoms with Crippen LogP contribution in [0.3, 0.4) is 0 Å². The molecule has 1 heterocycles. The number of hydrogen-bond acceptors (Lipinski definition) is 6. The number of amides is 2. The summed E-state index contributed by atoms with van der Waals surface area (Å²) in [4.78, 5) is 30.7. The maximum atomic E-state index is 12.1. The van der Waals surface area contributed by atoms with Crippen LogP contribution in [0.5, 0.6) is 0 Å². The summed E-state index contributed by atoms with van der Waals surface area (Å²) in [7, 11) is 2.13. The first-order valence-corrected chi connectivity index (χ1v) is 15.2. The van der Waals surface area contributed by atoms with Crippen LogP contribution in [0.25, 0.3) is 5.57 Å². The zero-order chi connectivity index (χ0) is 30.5. The molecule has 4 rings (SSSR count). The fourth-order valence-electron chi connectivity index (χ4n) is 6.08. The Morgan fingerprint density at radius 2 is 1.79 bits per heavy atom. The Hall–Kier alpha value is -3.07. The fourth-order valence-corrected chi connectivity index (χ4v) is 6.21. The Balaban J connectivity index is 1.42. The smallest absolute Gasteiger partial charge is 0.407 e. The Labute approximate surface area is 255 Å². The SMILES string of the molecule is CN(CCNC(=O)OC(C)(C)C)CC1(C)CCC(c2ccc(Cl)cc2)=C(CN2CCN(c3ccc(C(N)=O)cc3)C2)C1. The third kappa shape index (κ3) is 8.96. The van der Waals surface area contributed by atoms with Crippen molar-refractivity contribution < 1.29 is 14.3 Å².